The van der Waals surface area contributed by atoms with E-state index in [-0.39, 0.29) is 0 Å². The van der Waals surface area contributed by atoms with Crippen molar-refractivity contribution in [2.75, 3.05) is 0 Å². The van der Waals surface area contributed by atoms with Gasteiger partial charge >= 0.3 is 0 Å². The summed E-state index contributed by atoms with van der Waals surface area (Å²) in [4.78, 5) is 0. The molecule has 83 valence electrons. The summed E-state index contributed by atoms with van der Waals surface area (Å²) >= 11 is 0. The van der Waals surface area contributed by atoms with Crippen LogP contribution in [0.1, 0.15) is 5.56 Å². The van der Waals surface area contributed by atoms with Crippen molar-refractivity contribution in [2.24, 2.45) is 7.05 Å². The standard InChI is InChI=1S/C16H14N/c1-12-7-9-13(10-8-12)16-11-14-5-3-4-6-15(14)17(16)2/h3-10H,1-2H3. The Kier molecular flexibility index (Phi) is 2.25. The van der Waals surface area contributed by atoms with Gasteiger partial charge in [-0.05, 0) is 18.6 Å². The highest BCUT2D eigenvalue weighted by Crippen LogP contribution is 2.26. The van der Waals surface area contributed by atoms with Crippen LogP contribution in [0, 0.1) is 13.0 Å². The van der Waals surface area contributed by atoms with Crippen LogP contribution in [0.25, 0.3) is 22.2 Å². The number of hydrogen-bond acceptors (Lipinski definition) is 0. The van der Waals surface area contributed by atoms with Gasteiger partial charge in [0.2, 0.25) is 0 Å². The van der Waals surface area contributed by atoms with Crippen molar-refractivity contribution in [3.63, 3.8) is 0 Å². The van der Waals surface area contributed by atoms with Gasteiger partial charge in [0.05, 0.1) is 5.69 Å². The van der Waals surface area contributed by atoms with Crippen LogP contribution >= 0.6 is 0 Å². The molecule has 2 aromatic carbocycles. The zero-order chi connectivity index (χ0) is 11.8. The molecular weight excluding hydrogens is 206 g/mol. The highest BCUT2D eigenvalue weighted by atomic mass is 14.9. The third-order valence-corrected chi connectivity index (χ3v) is 3.18. The van der Waals surface area contributed by atoms with Crippen LogP contribution in [0.5, 0.6) is 0 Å². The normalized spacial score (nSPS) is 10.9. The number of aryl methyl sites for hydroxylation is 2. The summed E-state index contributed by atoms with van der Waals surface area (Å²) in [5, 5.41) is 1.17. The molecule has 1 aromatic heterocycles. The summed E-state index contributed by atoms with van der Waals surface area (Å²) in [6, 6.07) is 20.4. The molecule has 0 aliphatic carbocycles. The van der Waals surface area contributed by atoms with Gasteiger partial charge in [0.15, 0.2) is 0 Å². The predicted molar refractivity (Wildman–Crippen MR) is 71.9 cm³/mol. The Labute approximate surface area is 101 Å². The van der Waals surface area contributed by atoms with E-state index in [2.05, 4.69) is 73.1 Å². The number of para-hydroxylation sites is 1. The number of hydrogen-bond donors (Lipinski definition) is 0. The first kappa shape index (κ1) is 10.2. The molecule has 3 aromatic rings. The van der Waals surface area contributed by atoms with Crippen molar-refractivity contribution >= 4 is 10.9 Å². The quantitative estimate of drug-likeness (QED) is 0.585. The maximum atomic E-state index is 3.46. The fourth-order valence-electron chi connectivity index (χ4n) is 2.18. The summed E-state index contributed by atoms with van der Waals surface area (Å²) in [5.74, 6) is 0. The van der Waals surface area contributed by atoms with Gasteiger partial charge in [-0.2, -0.15) is 0 Å². The smallest absolute Gasteiger partial charge is 0.0569 e. The average Bonchev–Trinajstić information content (AvgIpc) is 2.69. The van der Waals surface area contributed by atoms with Gasteiger partial charge in [-0.15, -0.1) is 0 Å². The van der Waals surface area contributed by atoms with Crippen molar-refractivity contribution in [1.29, 1.82) is 0 Å². The monoisotopic (exact) mass is 220 g/mol. The SMILES string of the molecule is Cc1ccc(-c2[c]c3ccccc3n2C)cc1. The maximum absolute atomic E-state index is 3.46. The van der Waals surface area contributed by atoms with Gasteiger partial charge in [-0.1, -0.05) is 48.0 Å². The molecule has 0 unspecified atom stereocenters. The minimum atomic E-state index is 1.14. The van der Waals surface area contributed by atoms with Crippen molar-refractivity contribution in [3.05, 3.63) is 60.2 Å². The number of aromatic nitrogens is 1. The minimum absolute atomic E-state index is 1.14. The van der Waals surface area contributed by atoms with Crippen LogP contribution in [-0.2, 0) is 7.05 Å². The Morgan fingerprint density at radius 2 is 1.65 bits per heavy atom. The van der Waals surface area contributed by atoms with E-state index < -0.39 is 0 Å². The summed E-state index contributed by atoms with van der Waals surface area (Å²) < 4.78 is 2.19. The molecule has 0 bridgehead atoms. The van der Waals surface area contributed by atoms with E-state index in [1.54, 1.807) is 0 Å². The summed E-state index contributed by atoms with van der Waals surface area (Å²) in [6.45, 7) is 2.11. The first-order chi connectivity index (χ1) is 8.25. The Morgan fingerprint density at radius 1 is 0.941 bits per heavy atom. The zero-order valence-corrected chi connectivity index (χ0v) is 10.1. The Bertz CT molecular complexity index is 660. The van der Waals surface area contributed by atoms with Gasteiger partial charge in [0.1, 0.15) is 0 Å². The van der Waals surface area contributed by atoms with E-state index in [0.717, 1.165) is 5.69 Å². The minimum Gasteiger partial charge on any atom is -0.343 e. The van der Waals surface area contributed by atoms with Crippen LogP contribution in [0.3, 0.4) is 0 Å². The lowest BCUT2D eigenvalue weighted by Crippen LogP contribution is -1.90. The molecule has 17 heavy (non-hydrogen) atoms. The van der Waals surface area contributed by atoms with Gasteiger partial charge in [0, 0.05) is 24.0 Å². The topological polar surface area (TPSA) is 4.93 Å². The lowest BCUT2D eigenvalue weighted by molar-refractivity contribution is 0.977. The van der Waals surface area contributed by atoms with E-state index in [9.17, 15) is 0 Å². The van der Waals surface area contributed by atoms with Crippen molar-refractivity contribution < 1.29 is 0 Å². The molecule has 1 radical (unpaired) electrons. The maximum Gasteiger partial charge on any atom is 0.0569 e. The lowest BCUT2D eigenvalue weighted by Gasteiger charge is -2.04. The predicted octanol–water partition coefficient (Wildman–Crippen LogP) is 3.95. The second kappa shape index (κ2) is 3.77. The van der Waals surface area contributed by atoms with Crippen molar-refractivity contribution in [3.8, 4) is 11.3 Å². The molecular formula is C16H14N. The third kappa shape index (κ3) is 1.64. The van der Waals surface area contributed by atoms with Crippen LogP contribution < -0.4 is 0 Å². The summed E-state index contributed by atoms with van der Waals surface area (Å²) in [5.41, 5.74) is 4.87. The van der Waals surface area contributed by atoms with Gasteiger partial charge in [0.25, 0.3) is 0 Å². The number of fused-ring (bicyclic) bond motifs is 1. The molecule has 1 heterocycles. The molecule has 0 spiro atoms. The molecule has 3 rings (SSSR count). The Hall–Kier alpha value is -2.02. The van der Waals surface area contributed by atoms with E-state index in [0.29, 0.717) is 0 Å². The molecule has 0 aliphatic rings. The second-order valence-electron chi connectivity index (χ2n) is 4.42. The molecule has 0 N–H and O–H groups in total. The van der Waals surface area contributed by atoms with Crippen LogP contribution in [0.15, 0.2) is 48.5 Å². The molecule has 0 amide bonds. The largest absolute Gasteiger partial charge is 0.343 e. The van der Waals surface area contributed by atoms with Gasteiger partial charge < -0.3 is 4.57 Å². The molecule has 0 fully saturated rings. The number of benzene rings is 2. The first-order valence-electron chi connectivity index (χ1n) is 5.79. The Morgan fingerprint density at radius 3 is 2.35 bits per heavy atom. The molecule has 1 heteroatoms. The van der Waals surface area contributed by atoms with Crippen LogP contribution in [0.4, 0.5) is 0 Å². The molecule has 0 aliphatic heterocycles. The average molecular weight is 220 g/mol. The van der Waals surface area contributed by atoms with E-state index in [1.807, 2.05) is 0 Å². The Balaban J connectivity index is 2.24. The van der Waals surface area contributed by atoms with Crippen LogP contribution in [0.2, 0.25) is 0 Å². The van der Waals surface area contributed by atoms with Crippen molar-refractivity contribution in [2.45, 2.75) is 6.92 Å². The highest BCUT2D eigenvalue weighted by Gasteiger charge is 2.07. The second-order valence-corrected chi connectivity index (χ2v) is 4.42. The molecule has 0 saturated carbocycles. The fraction of sp³-hybridized carbons (Fsp3) is 0.125. The van der Waals surface area contributed by atoms with E-state index >= 15 is 0 Å². The molecule has 1 nitrogen and oxygen atoms in total. The first-order valence-corrected chi connectivity index (χ1v) is 5.79. The molecule has 0 saturated heterocycles. The summed E-state index contributed by atoms with van der Waals surface area (Å²) in [6.07, 6.45) is 0. The summed E-state index contributed by atoms with van der Waals surface area (Å²) in [7, 11) is 2.09. The van der Waals surface area contributed by atoms with Crippen LogP contribution in [-0.4, -0.2) is 4.57 Å². The highest BCUT2D eigenvalue weighted by molar-refractivity contribution is 5.86. The van der Waals surface area contributed by atoms with Gasteiger partial charge in [-0.3, -0.25) is 0 Å². The lowest BCUT2D eigenvalue weighted by atomic mass is 10.1. The van der Waals surface area contributed by atoms with E-state index in [4.69, 9.17) is 0 Å². The third-order valence-electron chi connectivity index (χ3n) is 3.18. The fourth-order valence-corrected chi connectivity index (χ4v) is 2.18. The number of rotatable bonds is 1. The van der Waals surface area contributed by atoms with E-state index in [1.165, 1.54) is 22.0 Å². The van der Waals surface area contributed by atoms with Gasteiger partial charge in [-0.25, -0.2) is 0 Å². The molecule has 0 atom stereocenters. The number of nitrogens with zero attached hydrogens (tertiary/aromatic N) is 1. The zero-order valence-electron chi connectivity index (χ0n) is 10.1. The van der Waals surface area contributed by atoms with Crippen molar-refractivity contribution in [1.82, 2.24) is 4.57 Å².